The Morgan fingerprint density at radius 3 is 2.36 bits per heavy atom. The average Bonchev–Trinajstić information content (AvgIpc) is 2.80. The topological polar surface area (TPSA) is 99.5 Å². The largest absolute Gasteiger partial charge is 0.494 e. The van der Waals surface area contributed by atoms with E-state index >= 15 is 0 Å². The van der Waals surface area contributed by atoms with Gasteiger partial charge in [0.1, 0.15) is 5.75 Å². The van der Waals surface area contributed by atoms with Crippen molar-refractivity contribution in [2.45, 2.75) is 33.6 Å². The fourth-order valence-corrected chi connectivity index (χ4v) is 3.00. The molecule has 3 rings (SSSR count). The molecule has 0 radical (unpaired) electrons. The number of nitrogens with zero attached hydrogens (tertiary/aromatic N) is 2. The van der Waals surface area contributed by atoms with Gasteiger partial charge in [0, 0.05) is 11.6 Å². The summed E-state index contributed by atoms with van der Waals surface area (Å²) in [5.41, 5.74) is 1.17. The lowest BCUT2D eigenvalue weighted by molar-refractivity contribution is 0.0518. The summed E-state index contributed by atoms with van der Waals surface area (Å²) in [7, 11) is 0. The first-order valence-corrected chi connectivity index (χ1v) is 10.9. The molecule has 0 bridgehead atoms. The SMILES string of the molecule is CCCCOc1ccc(C(=O)Nc2cc(=O)n(-c3ccc(C)cc3)nc2C(=O)OCC)cc1. The smallest absolute Gasteiger partial charge is 0.360 e. The van der Waals surface area contributed by atoms with Gasteiger partial charge in [0.15, 0.2) is 5.69 Å². The molecule has 1 aromatic heterocycles. The third kappa shape index (κ3) is 6.06. The summed E-state index contributed by atoms with van der Waals surface area (Å²) in [6, 6.07) is 14.9. The predicted molar refractivity (Wildman–Crippen MR) is 125 cm³/mol. The molecule has 2 aromatic carbocycles. The molecule has 1 N–H and O–H groups in total. The van der Waals surface area contributed by atoms with E-state index in [1.807, 2.05) is 19.1 Å². The molecular weight excluding hydrogens is 422 g/mol. The van der Waals surface area contributed by atoms with Gasteiger partial charge in [-0.05, 0) is 56.7 Å². The number of anilines is 1. The first-order chi connectivity index (χ1) is 15.9. The zero-order valence-electron chi connectivity index (χ0n) is 19.0. The molecule has 0 saturated carbocycles. The van der Waals surface area contributed by atoms with Gasteiger partial charge in [-0.25, -0.2) is 4.79 Å². The number of unbranched alkanes of at least 4 members (excludes halogenated alkanes) is 1. The van der Waals surface area contributed by atoms with Crippen molar-refractivity contribution in [1.29, 1.82) is 0 Å². The van der Waals surface area contributed by atoms with Crippen molar-refractivity contribution in [3.05, 3.63) is 81.8 Å². The number of amides is 1. The van der Waals surface area contributed by atoms with Gasteiger partial charge in [-0.15, -0.1) is 0 Å². The predicted octanol–water partition coefficient (Wildman–Crippen LogP) is 4.15. The molecule has 0 aliphatic heterocycles. The molecule has 3 aromatic rings. The van der Waals surface area contributed by atoms with Crippen molar-refractivity contribution >= 4 is 17.6 Å². The molecule has 0 fully saturated rings. The van der Waals surface area contributed by atoms with Crippen LogP contribution in [0.2, 0.25) is 0 Å². The van der Waals surface area contributed by atoms with Crippen molar-refractivity contribution in [2.75, 3.05) is 18.5 Å². The summed E-state index contributed by atoms with van der Waals surface area (Å²) in [6.07, 6.45) is 1.97. The number of nitrogens with one attached hydrogen (secondary N) is 1. The second-order valence-corrected chi connectivity index (χ2v) is 7.39. The van der Waals surface area contributed by atoms with E-state index in [0.717, 1.165) is 23.1 Å². The van der Waals surface area contributed by atoms with Gasteiger partial charge in [0.2, 0.25) is 0 Å². The normalized spacial score (nSPS) is 10.5. The maximum Gasteiger partial charge on any atom is 0.360 e. The minimum Gasteiger partial charge on any atom is -0.494 e. The number of ether oxygens (including phenoxy) is 2. The van der Waals surface area contributed by atoms with Gasteiger partial charge in [0.05, 0.1) is 24.6 Å². The van der Waals surface area contributed by atoms with Crippen LogP contribution < -0.4 is 15.6 Å². The molecule has 1 heterocycles. The Morgan fingerprint density at radius 2 is 1.73 bits per heavy atom. The lowest BCUT2D eigenvalue weighted by Crippen LogP contribution is -2.27. The van der Waals surface area contributed by atoms with Crippen molar-refractivity contribution in [3.63, 3.8) is 0 Å². The Hall–Kier alpha value is -3.94. The summed E-state index contributed by atoms with van der Waals surface area (Å²) < 4.78 is 11.8. The standard InChI is InChI=1S/C25H27N3O5/c1-4-6-15-33-20-13-9-18(10-14-20)24(30)26-21-16-22(29)28(19-11-7-17(3)8-12-19)27-23(21)25(31)32-5-2/h7-14,16H,4-6,15H2,1-3H3,(H,26,30). The van der Waals surface area contributed by atoms with Gasteiger partial charge in [-0.2, -0.15) is 9.78 Å². The number of hydrogen-bond donors (Lipinski definition) is 1. The van der Waals surface area contributed by atoms with Crippen LogP contribution in [0.5, 0.6) is 5.75 Å². The molecule has 33 heavy (non-hydrogen) atoms. The van der Waals surface area contributed by atoms with Crippen molar-refractivity contribution in [2.24, 2.45) is 0 Å². The third-order valence-corrected chi connectivity index (χ3v) is 4.81. The van der Waals surface area contributed by atoms with Gasteiger partial charge in [-0.3, -0.25) is 9.59 Å². The summed E-state index contributed by atoms with van der Waals surface area (Å²) in [5, 5.41) is 6.80. The van der Waals surface area contributed by atoms with E-state index in [1.165, 1.54) is 6.07 Å². The zero-order valence-corrected chi connectivity index (χ0v) is 19.0. The molecule has 8 nitrogen and oxygen atoms in total. The monoisotopic (exact) mass is 449 g/mol. The molecule has 0 aliphatic carbocycles. The van der Waals surface area contributed by atoms with Crippen LogP contribution in [0.25, 0.3) is 5.69 Å². The first kappa shape index (κ1) is 23.7. The molecule has 0 saturated heterocycles. The van der Waals surface area contributed by atoms with Gasteiger partial charge >= 0.3 is 5.97 Å². The van der Waals surface area contributed by atoms with E-state index < -0.39 is 17.4 Å². The van der Waals surface area contributed by atoms with Crippen LogP contribution in [0.15, 0.2) is 59.4 Å². The van der Waals surface area contributed by atoms with E-state index in [-0.39, 0.29) is 18.0 Å². The van der Waals surface area contributed by atoms with Crippen LogP contribution in [0, 0.1) is 6.92 Å². The van der Waals surface area contributed by atoms with E-state index in [1.54, 1.807) is 43.3 Å². The molecular formula is C25H27N3O5. The van der Waals surface area contributed by atoms with Gasteiger partial charge in [-0.1, -0.05) is 31.0 Å². The number of carbonyl (C=O) groups excluding carboxylic acids is 2. The Balaban J connectivity index is 1.89. The summed E-state index contributed by atoms with van der Waals surface area (Å²) >= 11 is 0. The molecule has 0 spiro atoms. The number of aryl methyl sites for hydroxylation is 1. The van der Waals surface area contributed by atoms with Crippen LogP contribution in [0.4, 0.5) is 5.69 Å². The fourth-order valence-electron chi connectivity index (χ4n) is 3.00. The summed E-state index contributed by atoms with van der Waals surface area (Å²) in [4.78, 5) is 38.0. The van der Waals surface area contributed by atoms with Crippen molar-refractivity contribution < 1.29 is 19.1 Å². The number of hydrogen-bond acceptors (Lipinski definition) is 6. The van der Waals surface area contributed by atoms with Gasteiger partial charge < -0.3 is 14.8 Å². The maximum atomic E-state index is 12.8. The van der Waals surface area contributed by atoms with Crippen LogP contribution in [0.1, 0.15) is 53.1 Å². The third-order valence-electron chi connectivity index (χ3n) is 4.81. The number of aromatic nitrogens is 2. The van der Waals surface area contributed by atoms with Gasteiger partial charge in [0.25, 0.3) is 11.5 Å². The van der Waals surface area contributed by atoms with E-state index in [2.05, 4.69) is 17.3 Å². The molecule has 8 heteroatoms. The van der Waals surface area contributed by atoms with Crippen LogP contribution >= 0.6 is 0 Å². The van der Waals surface area contributed by atoms with Crippen LogP contribution in [-0.2, 0) is 4.74 Å². The number of rotatable bonds is 9. The van der Waals surface area contributed by atoms with Crippen LogP contribution in [0.3, 0.4) is 0 Å². The lowest BCUT2D eigenvalue weighted by Gasteiger charge is -2.13. The van der Waals surface area contributed by atoms with E-state index in [9.17, 15) is 14.4 Å². The van der Waals surface area contributed by atoms with Crippen molar-refractivity contribution in [1.82, 2.24) is 9.78 Å². The molecule has 0 aliphatic rings. The summed E-state index contributed by atoms with van der Waals surface area (Å²) in [6.45, 7) is 6.39. The highest BCUT2D eigenvalue weighted by molar-refractivity contribution is 6.07. The minimum atomic E-state index is -0.742. The fraction of sp³-hybridized carbons (Fsp3) is 0.280. The highest BCUT2D eigenvalue weighted by atomic mass is 16.5. The average molecular weight is 450 g/mol. The maximum absolute atomic E-state index is 12.8. The first-order valence-electron chi connectivity index (χ1n) is 10.9. The highest BCUT2D eigenvalue weighted by Gasteiger charge is 2.20. The molecule has 0 unspecified atom stereocenters. The second-order valence-electron chi connectivity index (χ2n) is 7.39. The minimum absolute atomic E-state index is 0.0184. The zero-order chi connectivity index (χ0) is 23.8. The summed E-state index contributed by atoms with van der Waals surface area (Å²) in [5.74, 6) is -0.571. The number of carbonyl (C=O) groups is 2. The number of esters is 1. The Morgan fingerprint density at radius 1 is 1.03 bits per heavy atom. The highest BCUT2D eigenvalue weighted by Crippen LogP contribution is 2.17. The van der Waals surface area contributed by atoms with E-state index in [4.69, 9.17) is 9.47 Å². The molecule has 0 atom stereocenters. The lowest BCUT2D eigenvalue weighted by atomic mass is 10.2. The van der Waals surface area contributed by atoms with E-state index in [0.29, 0.717) is 23.6 Å². The molecule has 1 amide bonds. The quantitative estimate of drug-likeness (QED) is 0.389. The van der Waals surface area contributed by atoms with Crippen LogP contribution in [-0.4, -0.2) is 34.9 Å². The Bertz CT molecular complexity index is 1170. The molecule has 172 valence electrons. The number of benzene rings is 2. The van der Waals surface area contributed by atoms with Crippen molar-refractivity contribution in [3.8, 4) is 11.4 Å². The Kier molecular flexibility index (Phi) is 7.96. The Labute approximate surface area is 192 Å². The second kappa shape index (κ2) is 11.1.